The van der Waals surface area contributed by atoms with Crippen LogP contribution in [-0.4, -0.2) is 26.4 Å². The van der Waals surface area contributed by atoms with E-state index in [-0.39, 0.29) is 11.7 Å². The van der Waals surface area contributed by atoms with E-state index in [1.807, 2.05) is 14.0 Å². The fourth-order valence-electron chi connectivity index (χ4n) is 3.68. The van der Waals surface area contributed by atoms with Gasteiger partial charge in [-0.2, -0.15) is 5.26 Å². The third-order valence-electron chi connectivity index (χ3n) is 5.30. The maximum Gasteiger partial charge on any atom is 0.235 e. The number of aromatic nitrogens is 3. The molecule has 0 bridgehead atoms. The number of carbonyl (C=O) groups excluding carboxylic acids is 1. The average Bonchev–Trinajstić information content (AvgIpc) is 3.34. The second-order valence-electron chi connectivity index (χ2n) is 7.60. The molecule has 1 amide bonds. The maximum atomic E-state index is 12.6. The first-order chi connectivity index (χ1) is 15.9. The maximum absolute atomic E-state index is 12.6. The van der Waals surface area contributed by atoms with Gasteiger partial charge in [-0.05, 0) is 50.3 Å². The number of hydrogen-bond acceptors (Lipinski definition) is 7. The summed E-state index contributed by atoms with van der Waals surface area (Å²) in [4.78, 5) is 13.8. The molecule has 0 spiro atoms. The van der Waals surface area contributed by atoms with Crippen LogP contribution in [0.2, 0.25) is 10.0 Å². The van der Waals surface area contributed by atoms with E-state index < -0.39 is 6.10 Å². The number of benzene rings is 1. The Morgan fingerprint density at radius 1 is 1.36 bits per heavy atom. The molecule has 0 saturated carbocycles. The van der Waals surface area contributed by atoms with E-state index in [1.54, 1.807) is 22.8 Å². The van der Waals surface area contributed by atoms with Crippen molar-refractivity contribution in [2.45, 2.75) is 43.9 Å². The summed E-state index contributed by atoms with van der Waals surface area (Å²) >= 11 is 15.0. The molecule has 2 aromatic heterocycles. The first kappa shape index (κ1) is 23.9. The minimum absolute atomic E-state index is 0.148. The van der Waals surface area contributed by atoms with Crippen molar-refractivity contribution in [3.05, 3.63) is 50.1 Å². The second-order valence-corrected chi connectivity index (χ2v) is 10.5. The molecular weight excluding hydrogens is 501 g/mol. The van der Waals surface area contributed by atoms with Gasteiger partial charge < -0.3 is 14.6 Å². The highest BCUT2D eigenvalue weighted by Crippen LogP contribution is 2.38. The molecule has 11 heteroatoms. The molecule has 1 aromatic carbocycles. The minimum Gasteiger partial charge on any atom is -0.481 e. The molecule has 1 unspecified atom stereocenters. The Bertz CT molecular complexity index is 1230. The first-order valence-electron chi connectivity index (χ1n) is 10.4. The Labute approximate surface area is 210 Å². The summed E-state index contributed by atoms with van der Waals surface area (Å²) in [5.41, 5.74) is 1.71. The molecule has 0 radical (unpaired) electrons. The summed E-state index contributed by atoms with van der Waals surface area (Å²) in [7, 11) is 1.82. The third-order valence-corrected chi connectivity index (χ3v) is 8.07. The van der Waals surface area contributed by atoms with Crippen molar-refractivity contribution in [2.24, 2.45) is 7.05 Å². The van der Waals surface area contributed by atoms with Crippen molar-refractivity contribution in [2.75, 3.05) is 11.1 Å². The molecule has 1 aliphatic rings. The molecule has 7 nitrogen and oxygen atoms in total. The molecule has 3 aromatic rings. The van der Waals surface area contributed by atoms with Crippen LogP contribution in [0.15, 0.2) is 23.4 Å². The van der Waals surface area contributed by atoms with E-state index in [0.29, 0.717) is 37.3 Å². The number of anilines is 1. The molecule has 172 valence electrons. The smallest absolute Gasteiger partial charge is 0.235 e. The van der Waals surface area contributed by atoms with Crippen LogP contribution in [0, 0.1) is 11.3 Å². The van der Waals surface area contributed by atoms with Crippen LogP contribution in [-0.2, 0) is 24.7 Å². The highest BCUT2D eigenvalue weighted by Gasteiger charge is 2.23. The number of carbonyl (C=O) groups is 1. The fourth-order valence-corrected chi connectivity index (χ4v) is 5.98. The number of ether oxygens (including phenoxy) is 1. The van der Waals surface area contributed by atoms with Gasteiger partial charge in [-0.15, -0.1) is 21.5 Å². The number of thioether (sulfide) groups is 1. The average molecular weight is 522 g/mol. The number of nitrogens with one attached hydrogen (secondary N) is 1. The van der Waals surface area contributed by atoms with Gasteiger partial charge in [0.2, 0.25) is 5.91 Å². The number of halogens is 2. The Hall–Kier alpha value is -2.25. The number of aryl methyl sites for hydroxylation is 1. The summed E-state index contributed by atoms with van der Waals surface area (Å²) < 4.78 is 7.70. The number of rotatable bonds is 7. The van der Waals surface area contributed by atoms with E-state index >= 15 is 0 Å². The number of nitrogens with zero attached hydrogens (tertiary/aromatic N) is 4. The number of hydrogen-bond donors (Lipinski definition) is 1. The van der Waals surface area contributed by atoms with Crippen LogP contribution < -0.4 is 10.1 Å². The number of thiophene rings is 1. The quantitative estimate of drug-likeness (QED) is 0.394. The predicted octanol–water partition coefficient (Wildman–Crippen LogP) is 5.80. The van der Waals surface area contributed by atoms with Crippen molar-refractivity contribution in [3.8, 4) is 11.8 Å². The standard InChI is InChI=1S/C22H21Cl2N5O2S2/c1-12(31-17-9-13(23)7-8-16(17)24)20-27-28-22(29(20)2)32-11-19(30)26-21-15(10-25)14-5-3-4-6-18(14)33-21/h7-9,12H,3-6,11H2,1-2H3,(H,26,30). The van der Waals surface area contributed by atoms with Crippen molar-refractivity contribution in [1.29, 1.82) is 5.26 Å². The molecule has 2 heterocycles. The van der Waals surface area contributed by atoms with Gasteiger partial charge in [0.25, 0.3) is 0 Å². The normalized spacial score (nSPS) is 13.8. The van der Waals surface area contributed by atoms with Gasteiger partial charge in [0, 0.05) is 23.0 Å². The van der Waals surface area contributed by atoms with Crippen molar-refractivity contribution in [3.63, 3.8) is 0 Å². The lowest BCUT2D eigenvalue weighted by Crippen LogP contribution is -2.15. The lowest BCUT2D eigenvalue weighted by atomic mass is 9.96. The molecular formula is C22H21Cl2N5O2S2. The fraction of sp³-hybridized carbons (Fsp3) is 0.364. The monoisotopic (exact) mass is 521 g/mol. The van der Waals surface area contributed by atoms with E-state index in [4.69, 9.17) is 27.9 Å². The molecule has 1 N–H and O–H groups in total. The highest BCUT2D eigenvalue weighted by molar-refractivity contribution is 7.99. The van der Waals surface area contributed by atoms with Crippen molar-refractivity contribution >= 4 is 57.2 Å². The summed E-state index contributed by atoms with van der Waals surface area (Å²) in [6.07, 6.45) is 3.66. The van der Waals surface area contributed by atoms with Crippen LogP contribution in [0.5, 0.6) is 5.75 Å². The Kier molecular flexibility index (Phi) is 7.49. The first-order valence-corrected chi connectivity index (χ1v) is 12.9. The van der Waals surface area contributed by atoms with Gasteiger partial charge in [-0.25, -0.2) is 0 Å². The van der Waals surface area contributed by atoms with E-state index in [9.17, 15) is 10.1 Å². The second kappa shape index (κ2) is 10.3. The van der Waals surface area contributed by atoms with Crippen molar-refractivity contribution < 1.29 is 9.53 Å². The Balaban J connectivity index is 1.39. The molecule has 4 rings (SSSR count). The zero-order valence-corrected chi connectivity index (χ0v) is 21.2. The molecule has 0 aliphatic heterocycles. The Morgan fingerprint density at radius 3 is 2.94 bits per heavy atom. The summed E-state index contributed by atoms with van der Waals surface area (Å²) in [6, 6.07) is 7.27. The van der Waals surface area contributed by atoms with Crippen LogP contribution in [0.3, 0.4) is 0 Å². The van der Waals surface area contributed by atoms with E-state index in [1.165, 1.54) is 28.0 Å². The lowest BCUT2D eigenvalue weighted by Gasteiger charge is -2.15. The molecule has 1 atom stereocenters. The van der Waals surface area contributed by atoms with Gasteiger partial charge in [0.1, 0.15) is 16.8 Å². The molecule has 0 fully saturated rings. The van der Waals surface area contributed by atoms with Gasteiger partial charge in [0.15, 0.2) is 17.1 Å². The van der Waals surface area contributed by atoms with Crippen molar-refractivity contribution in [1.82, 2.24) is 14.8 Å². The van der Waals surface area contributed by atoms with E-state index in [0.717, 1.165) is 31.2 Å². The van der Waals surface area contributed by atoms with Crippen LogP contribution in [0.25, 0.3) is 0 Å². The zero-order chi connectivity index (χ0) is 23.5. The Morgan fingerprint density at radius 2 is 2.15 bits per heavy atom. The largest absolute Gasteiger partial charge is 0.481 e. The predicted molar refractivity (Wildman–Crippen MR) is 132 cm³/mol. The van der Waals surface area contributed by atoms with Gasteiger partial charge in [-0.1, -0.05) is 35.0 Å². The molecule has 1 aliphatic carbocycles. The van der Waals surface area contributed by atoms with Gasteiger partial charge in [0.05, 0.1) is 16.3 Å². The van der Waals surface area contributed by atoms with Crippen LogP contribution in [0.1, 0.15) is 47.7 Å². The van der Waals surface area contributed by atoms with Gasteiger partial charge >= 0.3 is 0 Å². The lowest BCUT2D eigenvalue weighted by molar-refractivity contribution is -0.113. The minimum atomic E-state index is -0.433. The number of nitriles is 1. The summed E-state index contributed by atoms with van der Waals surface area (Å²) in [5, 5.41) is 23.1. The SMILES string of the molecule is CC(Oc1cc(Cl)ccc1Cl)c1nnc(SCC(=O)Nc2sc3c(c2C#N)CCCC3)n1C. The summed E-state index contributed by atoms with van der Waals surface area (Å²) in [6.45, 7) is 1.84. The third kappa shape index (κ3) is 5.30. The summed E-state index contributed by atoms with van der Waals surface area (Å²) in [5.74, 6) is 1.01. The topological polar surface area (TPSA) is 92.8 Å². The van der Waals surface area contributed by atoms with Crippen LogP contribution in [0.4, 0.5) is 5.00 Å². The van der Waals surface area contributed by atoms with Gasteiger partial charge in [-0.3, -0.25) is 4.79 Å². The zero-order valence-electron chi connectivity index (χ0n) is 18.0. The molecule has 33 heavy (non-hydrogen) atoms. The highest BCUT2D eigenvalue weighted by atomic mass is 35.5. The molecule has 0 saturated heterocycles. The van der Waals surface area contributed by atoms with Crippen LogP contribution >= 0.6 is 46.3 Å². The van der Waals surface area contributed by atoms with E-state index in [2.05, 4.69) is 21.6 Å². The number of amides is 1. The number of fused-ring (bicyclic) bond motifs is 1.